The van der Waals surface area contributed by atoms with Gasteiger partial charge in [-0.3, -0.25) is 0 Å². The smallest absolute Gasteiger partial charge is 0.123 e. The van der Waals surface area contributed by atoms with Crippen LogP contribution in [0.3, 0.4) is 0 Å². The average molecular weight is 405 g/mol. The maximum Gasteiger partial charge on any atom is 0.123 e. The number of alkyl halides is 1. The molecule has 0 saturated carbocycles. The van der Waals surface area contributed by atoms with Crippen LogP contribution in [0.4, 0.5) is 0 Å². The van der Waals surface area contributed by atoms with E-state index in [1.54, 1.807) is 7.11 Å². The number of halogens is 3. The molecule has 0 aliphatic rings. The van der Waals surface area contributed by atoms with E-state index in [1.165, 1.54) is 5.56 Å². The largest absolute Gasteiger partial charge is 0.496 e. The van der Waals surface area contributed by atoms with E-state index >= 15 is 0 Å². The molecule has 1 atom stereocenters. The molecule has 0 heterocycles. The van der Waals surface area contributed by atoms with E-state index in [0.29, 0.717) is 5.02 Å². The predicted octanol–water partition coefficient (Wildman–Crippen LogP) is 5.90. The lowest BCUT2D eigenvalue weighted by Crippen LogP contribution is -1.98. The van der Waals surface area contributed by atoms with E-state index in [4.69, 9.17) is 16.3 Å². The highest BCUT2D eigenvalue weighted by Gasteiger charge is 2.16. The van der Waals surface area contributed by atoms with Crippen LogP contribution in [0.15, 0.2) is 40.9 Å². The van der Waals surface area contributed by atoms with Crippen LogP contribution in [0, 0.1) is 6.92 Å². The number of hydrogen-bond donors (Lipinski definition) is 0. The number of ether oxygens (including phenoxy) is 1. The number of rotatable bonds is 3. The number of hydrogen-bond acceptors (Lipinski definition) is 1. The van der Waals surface area contributed by atoms with Crippen molar-refractivity contribution in [2.45, 2.75) is 11.8 Å². The fraction of sp³-hybridized carbons (Fsp3) is 0.200. The van der Waals surface area contributed by atoms with E-state index in [1.807, 2.05) is 30.3 Å². The van der Waals surface area contributed by atoms with Gasteiger partial charge in [0.05, 0.1) is 17.0 Å². The average Bonchev–Trinajstić information content (AvgIpc) is 2.41. The SMILES string of the molecule is COc1ccc(C)cc1C(Br)c1ccc(Br)c(Cl)c1. The molecule has 2 aromatic rings. The van der Waals surface area contributed by atoms with Crippen molar-refractivity contribution in [2.24, 2.45) is 0 Å². The Morgan fingerprint density at radius 2 is 1.89 bits per heavy atom. The van der Waals surface area contributed by atoms with E-state index in [9.17, 15) is 0 Å². The van der Waals surface area contributed by atoms with E-state index < -0.39 is 0 Å². The minimum Gasteiger partial charge on any atom is -0.496 e. The van der Waals surface area contributed by atoms with E-state index in [0.717, 1.165) is 21.3 Å². The fourth-order valence-corrected chi connectivity index (χ4v) is 2.98. The fourth-order valence-electron chi connectivity index (χ4n) is 1.90. The molecule has 19 heavy (non-hydrogen) atoms. The van der Waals surface area contributed by atoms with Gasteiger partial charge in [0.25, 0.3) is 0 Å². The van der Waals surface area contributed by atoms with Crippen LogP contribution in [-0.4, -0.2) is 7.11 Å². The van der Waals surface area contributed by atoms with E-state index in [-0.39, 0.29) is 4.83 Å². The summed E-state index contributed by atoms with van der Waals surface area (Å²) in [5, 5.41) is 0.702. The predicted molar refractivity (Wildman–Crippen MR) is 87.7 cm³/mol. The van der Waals surface area contributed by atoms with Gasteiger partial charge in [0.15, 0.2) is 0 Å². The molecule has 0 bridgehead atoms. The molecule has 0 fully saturated rings. The number of benzene rings is 2. The Balaban J connectivity index is 2.45. The minimum absolute atomic E-state index is 0.0490. The van der Waals surface area contributed by atoms with Gasteiger partial charge in [0, 0.05) is 10.0 Å². The second-order valence-electron chi connectivity index (χ2n) is 4.28. The Morgan fingerprint density at radius 1 is 1.16 bits per heavy atom. The third kappa shape index (κ3) is 3.33. The Labute approximate surface area is 135 Å². The van der Waals surface area contributed by atoms with Crippen molar-refractivity contribution in [2.75, 3.05) is 7.11 Å². The van der Waals surface area contributed by atoms with Gasteiger partial charge in [-0.05, 0) is 46.6 Å². The molecule has 1 nitrogen and oxygen atoms in total. The normalized spacial score (nSPS) is 12.3. The van der Waals surface area contributed by atoms with Crippen LogP contribution in [0.5, 0.6) is 5.75 Å². The Hall–Kier alpha value is -0.510. The van der Waals surface area contributed by atoms with Crippen LogP contribution >= 0.6 is 43.5 Å². The first-order valence-corrected chi connectivity index (χ1v) is 7.85. The Kier molecular flexibility index (Phi) is 4.93. The van der Waals surface area contributed by atoms with E-state index in [2.05, 4.69) is 44.8 Å². The Bertz CT molecular complexity index is 599. The summed E-state index contributed by atoms with van der Waals surface area (Å²) in [7, 11) is 1.68. The molecule has 0 spiro atoms. The summed E-state index contributed by atoms with van der Waals surface area (Å²) in [5.74, 6) is 0.867. The molecule has 1 unspecified atom stereocenters. The van der Waals surface area contributed by atoms with Crippen molar-refractivity contribution < 1.29 is 4.74 Å². The first kappa shape index (κ1) is 14.9. The molecule has 4 heteroatoms. The highest BCUT2D eigenvalue weighted by molar-refractivity contribution is 9.10. The molecule has 0 aromatic heterocycles. The van der Waals surface area contributed by atoms with Crippen molar-refractivity contribution in [3.05, 3.63) is 62.6 Å². The highest BCUT2D eigenvalue weighted by Crippen LogP contribution is 2.38. The lowest BCUT2D eigenvalue weighted by atomic mass is 10.0. The third-order valence-electron chi connectivity index (χ3n) is 2.89. The van der Waals surface area contributed by atoms with Crippen LogP contribution < -0.4 is 4.74 Å². The second-order valence-corrected chi connectivity index (χ2v) is 6.46. The second kappa shape index (κ2) is 6.29. The standard InChI is InChI=1S/C15H13Br2ClO/c1-9-3-6-14(19-2)11(7-9)15(17)10-4-5-12(16)13(18)8-10/h3-8,15H,1-2H3. The summed E-state index contributed by atoms with van der Waals surface area (Å²) in [6.07, 6.45) is 0. The maximum absolute atomic E-state index is 6.15. The maximum atomic E-state index is 6.15. The van der Waals surface area contributed by atoms with Gasteiger partial charge >= 0.3 is 0 Å². The lowest BCUT2D eigenvalue weighted by Gasteiger charge is -2.16. The molecule has 0 radical (unpaired) electrons. The third-order valence-corrected chi connectivity index (χ3v) is 5.15. The molecule has 0 aliphatic heterocycles. The monoisotopic (exact) mass is 402 g/mol. The molecular weight excluding hydrogens is 391 g/mol. The van der Waals surface area contributed by atoms with Crippen LogP contribution in [0.2, 0.25) is 5.02 Å². The van der Waals surface area contributed by atoms with Gasteiger partial charge in [-0.25, -0.2) is 0 Å². The van der Waals surface area contributed by atoms with Crippen LogP contribution in [0.25, 0.3) is 0 Å². The quantitative estimate of drug-likeness (QED) is 0.579. The zero-order valence-electron chi connectivity index (χ0n) is 10.6. The van der Waals surface area contributed by atoms with Gasteiger partial charge in [-0.15, -0.1) is 0 Å². The molecule has 2 rings (SSSR count). The topological polar surface area (TPSA) is 9.23 Å². The van der Waals surface area contributed by atoms with Gasteiger partial charge in [0.1, 0.15) is 5.75 Å². The van der Waals surface area contributed by atoms with Crippen LogP contribution in [-0.2, 0) is 0 Å². The van der Waals surface area contributed by atoms with Gasteiger partial charge in [0.2, 0.25) is 0 Å². The first-order valence-electron chi connectivity index (χ1n) is 5.76. The van der Waals surface area contributed by atoms with Crippen LogP contribution in [0.1, 0.15) is 21.5 Å². The minimum atomic E-state index is 0.0490. The molecule has 0 saturated heterocycles. The summed E-state index contributed by atoms with van der Waals surface area (Å²) >= 11 is 13.3. The summed E-state index contributed by atoms with van der Waals surface area (Å²) < 4.78 is 6.32. The molecular formula is C15H13Br2ClO. The highest BCUT2D eigenvalue weighted by atomic mass is 79.9. The molecule has 0 amide bonds. The summed E-state index contributed by atoms with van der Waals surface area (Å²) in [5.41, 5.74) is 3.39. The molecule has 100 valence electrons. The summed E-state index contributed by atoms with van der Waals surface area (Å²) in [6.45, 7) is 2.07. The lowest BCUT2D eigenvalue weighted by molar-refractivity contribution is 0.410. The molecule has 2 aromatic carbocycles. The molecule has 0 N–H and O–H groups in total. The van der Waals surface area contributed by atoms with Gasteiger partial charge in [-0.2, -0.15) is 0 Å². The zero-order chi connectivity index (χ0) is 14.0. The van der Waals surface area contributed by atoms with Crippen molar-refractivity contribution in [1.82, 2.24) is 0 Å². The van der Waals surface area contributed by atoms with Gasteiger partial charge < -0.3 is 4.74 Å². The Morgan fingerprint density at radius 3 is 2.53 bits per heavy atom. The molecule has 0 aliphatic carbocycles. The van der Waals surface area contributed by atoms with Crippen molar-refractivity contribution in [1.29, 1.82) is 0 Å². The number of methoxy groups -OCH3 is 1. The first-order chi connectivity index (χ1) is 9.02. The zero-order valence-corrected chi connectivity index (χ0v) is 14.5. The summed E-state index contributed by atoms with van der Waals surface area (Å²) in [6, 6.07) is 12.1. The van der Waals surface area contributed by atoms with Crippen molar-refractivity contribution >= 4 is 43.5 Å². The van der Waals surface area contributed by atoms with Crippen molar-refractivity contribution in [3.63, 3.8) is 0 Å². The van der Waals surface area contributed by atoms with Crippen molar-refractivity contribution in [3.8, 4) is 5.75 Å². The van der Waals surface area contributed by atoms with Gasteiger partial charge in [-0.1, -0.05) is 51.3 Å². The summed E-state index contributed by atoms with van der Waals surface area (Å²) in [4.78, 5) is 0.0490. The number of aryl methyl sites for hydroxylation is 1.